The third-order valence-corrected chi connectivity index (χ3v) is 2.42. The van der Waals surface area contributed by atoms with E-state index < -0.39 is 0 Å². The van der Waals surface area contributed by atoms with Crippen molar-refractivity contribution in [2.75, 3.05) is 0 Å². The second-order valence-electron chi connectivity index (χ2n) is 3.41. The molecule has 0 fully saturated rings. The Morgan fingerprint density at radius 1 is 1.46 bits per heavy atom. The maximum absolute atomic E-state index is 6.05. The number of halogens is 1. The molecule has 0 aliphatic carbocycles. The minimum absolute atomic E-state index is 0.400. The Morgan fingerprint density at radius 3 is 2.92 bits per heavy atom. The summed E-state index contributed by atoms with van der Waals surface area (Å²) >= 11 is 6.05. The maximum atomic E-state index is 6.05. The van der Waals surface area contributed by atoms with E-state index >= 15 is 0 Å². The zero-order valence-electron chi connectivity index (χ0n) is 7.63. The fourth-order valence-corrected chi connectivity index (χ4v) is 1.75. The monoisotopic (exact) mass is 194 g/mol. The molecule has 2 nitrogen and oxygen atoms in total. The molecule has 13 heavy (non-hydrogen) atoms. The first-order valence-electron chi connectivity index (χ1n) is 4.31. The lowest BCUT2D eigenvalue weighted by molar-refractivity contribution is 0.835. The van der Waals surface area contributed by atoms with Crippen molar-refractivity contribution in [2.24, 2.45) is 0 Å². The van der Waals surface area contributed by atoms with Crippen molar-refractivity contribution in [1.82, 2.24) is 9.97 Å². The van der Waals surface area contributed by atoms with Crippen LogP contribution in [0.5, 0.6) is 0 Å². The topological polar surface area (TPSA) is 28.7 Å². The van der Waals surface area contributed by atoms with Gasteiger partial charge in [0.25, 0.3) is 0 Å². The standard InChI is InChI=1S/C10H11ClN2/c1-6(2)10-9-7(11)5-13-8(9)3-4-12-10/h3-6,13H,1-2H3. The summed E-state index contributed by atoms with van der Waals surface area (Å²) in [5.41, 5.74) is 2.12. The molecular weight excluding hydrogens is 184 g/mol. The number of nitrogens with one attached hydrogen (secondary N) is 1. The second-order valence-corrected chi connectivity index (χ2v) is 3.82. The highest BCUT2D eigenvalue weighted by Gasteiger charge is 2.10. The fourth-order valence-electron chi connectivity index (χ4n) is 1.50. The molecule has 0 spiro atoms. The van der Waals surface area contributed by atoms with Crippen LogP contribution in [0.3, 0.4) is 0 Å². The zero-order valence-corrected chi connectivity index (χ0v) is 8.39. The van der Waals surface area contributed by atoms with Crippen LogP contribution in [-0.4, -0.2) is 9.97 Å². The van der Waals surface area contributed by atoms with Gasteiger partial charge in [-0.25, -0.2) is 0 Å². The first-order chi connectivity index (χ1) is 6.20. The van der Waals surface area contributed by atoms with E-state index in [0.29, 0.717) is 5.92 Å². The van der Waals surface area contributed by atoms with Crippen molar-refractivity contribution in [3.8, 4) is 0 Å². The lowest BCUT2D eigenvalue weighted by Crippen LogP contribution is -1.92. The molecule has 68 valence electrons. The average Bonchev–Trinajstić information content (AvgIpc) is 2.48. The van der Waals surface area contributed by atoms with Crippen LogP contribution < -0.4 is 0 Å². The summed E-state index contributed by atoms with van der Waals surface area (Å²) in [7, 11) is 0. The molecule has 0 atom stereocenters. The highest BCUT2D eigenvalue weighted by atomic mass is 35.5. The fraction of sp³-hybridized carbons (Fsp3) is 0.300. The van der Waals surface area contributed by atoms with Crippen molar-refractivity contribution >= 4 is 22.5 Å². The van der Waals surface area contributed by atoms with Crippen LogP contribution in [0.1, 0.15) is 25.5 Å². The van der Waals surface area contributed by atoms with Gasteiger partial charge in [-0.3, -0.25) is 4.98 Å². The molecule has 0 aliphatic heterocycles. The Balaban J connectivity index is 2.80. The molecule has 2 heterocycles. The molecule has 3 heteroatoms. The van der Waals surface area contributed by atoms with Crippen LogP contribution in [0.2, 0.25) is 5.02 Å². The summed E-state index contributed by atoms with van der Waals surface area (Å²) in [6, 6.07) is 1.94. The van der Waals surface area contributed by atoms with E-state index in [1.165, 1.54) is 0 Å². The third-order valence-electron chi connectivity index (χ3n) is 2.12. The Bertz CT molecular complexity index is 431. The molecular formula is C10H11ClN2. The number of pyridine rings is 1. The van der Waals surface area contributed by atoms with Gasteiger partial charge in [-0.1, -0.05) is 25.4 Å². The summed E-state index contributed by atoms with van der Waals surface area (Å²) in [5, 5.41) is 1.81. The first kappa shape index (κ1) is 8.57. The molecule has 2 rings (SSSR count). The van der Waals surface area contributed by atoms with Gasteiger partial charge in [-0.2, -0.15) is 0 Å². The molecule has 2 aromatic rings. The first-order valence-corrected chi connectivity index (χ1v) is 4.69. The van der Waals surface area contributed by atoms with Crippen LogP contribution >= 0.6 is 11.6 Å². The average molecular weight is 195 g/mol. The van der Waals surface area contributed by atoms with Gasteiger partial charge in [0.2, 0.25) is 0 Å². The molecule has 0 bridgehead atoms. The predicted octanol–water partition coefficient (Wildman–Crippen LogP) is 3.34. The Kier molecular flexibility index (Phi) is 2.00. The van der Waals surface area contributed by atoms with Crippen molar-refractivity contribution in [1.29, 1.82) is 0 Å². The van der Waals surface area contributed by atoms with Gasteiger partial charge in [0, 0.05) is 17.8 Å². The number of fused-ring (bicyclic) bond motifs is 1. The highest BCUT2D eigenvalue weighted by molar-refractivity contribution is 6.35. The number of nitrogens with zero attached hydrogens (tertiary/aromatic N) is 1. The molecule has 1 N–H and O–H groups in total. The number of hydrogen-bond acceptors (Lipinski definition) is 1. The van der Waals surface area contributed by atoms with Crippen LogP contribution in [0.25, 0.3) is 10.9 Å². The molecule has 0 aliphatic rings. The summed E-state index contributed by atoms with van der Waals surface area (Å²) in [6.45, 7) is 4.23. The highest BCUT2D eigenvalue weighted by Crippen LogP contribution is 2.28. The van der Waals surface area contributed by atoms with Crippen molar-refractivity contribution in [3.05, 3.63) is 29.2 Å². The summed E-state index contributed by atoms with van der Waals surface area (Å²) in [4.78, 5) is 7.45. The van der Waals surface area contributed by atoms with E-state index in [4.69, 9.17) is 11.6 Å². The molecule has 0 unspecified atom stereocenters. The summed E-state index contributed by atoms with van der Waals surface area (Å²) in [5.74, 6) is 0.400. The SMILES string of the molecule is CC(C)c1nccc2[nH]cc(Cl)c12. The van der Waals surface area contributed by atoms with E-state index in [1.807, 2.05) is 12.3 Å². The molecule has 0 amide bonds. The van der Waals surface area contributed by atoms with Crippen molar-refractivity contribution in [2.45, 2.75) is 19.8 Å². The molecule has 0 radical (unpaired) electrons. The minimum atomic E-state index is 0.400. The van der Waals surface area contributed by atoms with Gasteiger partial charge >= 0.3 is 0 Å². The minimum Gasteiger partial charge on any atom is -0.360 e. The number of hydrogen-bond donors (Lipinski definition) is 1. The number of H-pyrrole nitrogens is 1. The van der Waals surface area contributed by atoms with Gasteiger partial charge in [0.1, 0.15) is 0 Å². The van der Waals surface area contributed by atoms with E-state index in [0.717, 1.165) is 21.6 Å². The smallest absolute Gasteiger partial charge is 0.0677 e. The van der Waals surface area contributed by atoms with E-state index in [2.05, 4.69) is 23.8 Å². The van der Waals surface area contributed by atoms with Gasteiger partial charge in [0.15, 0.2) is 0 Å². The van der Waals surface area contributed by atoms with Gasteiger partial charge < -0.3 is 4.98 Å². The van der Waals surface area contributed by atoms with Gasteiger partial charge in [0.05, 0.1) is 16.2 Å². The van der Waals surface area contributed by atoms with Crippen LogP contribution in [0, 0.1) is 0 Å². The van der Waals surface area contributed by atoms with E-state index in [-0.39, 0.29) is 0 Å². The number of rotatable bonds is 1. The Labute approximate surface area is 81.9 Å². The molecule has 0 saturated heterocycles. The zero-order chi connectivity index (χ0) is 9.42. The van der Waals surface area contributed by atoms with Gasteiger partial charge in [-0.05, 0) is 12.0 Å². The largest absolute Gasteiger partial charge is 0.360 e. The number of aromatic amines is 1. The quantitative estimate of drug-likeness (QED) is 0.741. The maximum Gasteiger partial charge on any atom is 0.0677 e. The lowest BCUT2D eigenvalue weighted by atomic mass is 10.1. The van der Waals surface area contributed by atoms with Crippen LogP contribution in [0.4, 0.5) is 0 Å². The predicted molar refractivity (Wildman–Crippen MR) is 55.2 cm³/mol. The summed E-state index contributed by atoms with van der Waals surface area (Å²) < 4.78 is 0. The van der Waals surface area contributed by atoms with Crippen LogP contribution in [-0.2, 0) is 0 Å². The van der Waals surface area contributed by atoms with E-state index in [9.17, 15) is 0 Å². The number of aromatic nitrogens is 2. The molecule has 2 aromatic heterocycles. The molecule has 0 aromatic carbocycles. The Morgan fingerprint density at radius 2 is 2.23 bits per heavy atom. The third kappa shape index (κ3) is 1.31. The summed E-state index contributed by atoms with van der Waals surface area (Å²) in [6.07, 6.45) is 3.62. The van der Waals surface area contributed by atoms with Gasteiger partial charge in [-0.15, -0.1) is 0 Å². The molecule has 0 saturated carbocycles. The Hall–Kier alpha value is -1.02. The normalized spacial score (nSPS) is 11.4. The van der Waals surface area contributed by atoms with E-state index in [1.54, 1.807) is 6.20 Å². The van der Waals surface area contributed by atoms with Crippen LogP contribution in [0.15, 0.2) is 18.5 Å². The second kappa shape index (κ2) is 3.04. The van der Waals surface area contributed by atoms with Crippen molar-refractivity contribution < 1.29 is 0 Å². The lowest BCUT2D eigenvalue weighted by Gasteiger charge is -2.05. The van der Waals surface area contributed by atoms with Crippen molar-refractivity contribution in [3.63, 3.8) is 0 Å².